The number of ether oxygens (including phenoxy) is 1. The molecule has 1 atom stereocenters. The van der Waals surface area contributed by atoms with Gasteiger partial charge >= 0.3 is 0 Å². The maximum absolute atomic E-state index is 12.8. The second-order valence-electron chi connectivity index (χ2n) is 8.87. The van der Waals surface area contributed by atoms with Crippen LogP contribution in [-0.2, 0) is 9.53 Å². The Morgan fingerprint density at radius 3 is 2.52 bits per heavy atom. The quantitative estimate of drug-likeness (QED) is 0.818. The molecule has 0 radical (unpaired) electrons. The lowest BCUT2D eigenvalue weighted by molar-refractivity contribution is -0.135. The predicted octanol–water partition coefficient (Wildman–Crippen LogP) is 2.52. The first-order chi connectivity index (χ1) is 13.1. The van der Waals surface area contributed by atoms with Crippen LogP contribution in [-0.4, -0.2) is 60.2 Å². The molecule has 1 aromatic rings. The normalized spacial score (nSPS) is 27.5. The number of carbonyl (C=O) groups excluding carboxylic acids is 1. The number of hydrogen-bond donors (Lipinski definition) is 0. The molecule has 2 aliphatic heterocycles. The number of anilines is 1. The Kier molecular flexibility index (Phi) is 4.34. The summed E-state index contributed by atoms with van der Waals surface area (Å²) in [6, 6.07) is 2.17. The molecule has 146 valence electrons. The topological polar surface area (TPSA) is 58.6 Å². The van der Waals surface area contributed by atoms with Gasteiger partial charge in [-0.15, -0.1) is 0 Å². The van der Waals surface area contributed by atoms with Gasteiger partial charge in [0.05, 0.1) is 13.2 Å². The van der Waals surface area contributed by atoms with Crippen molar-refractivity contribution in [2.24, 2.45) is 11.3 Å². The first kappa shape index (κ1) is 17.4. The molecule has 0 bridgehead atoms. The summed E-state index contributed by atoms with van der Waals surface area (Å²) in [5, 5.41) is 0. The van der Waals surface area contributed by atoms with Crippen molar-refractivity contribution in [2.75, 3.05) is 44.3 Å². The van der Waals surface area contributed by atoms with E-state index in [1.807, 2.05) is 6.92 Å². The van der Waals surface area contributed by atoms with Crippen LogP contribution in [0.1, 0.15) is 56.0 Å². The lowest BCUT2D eigenvalue weighted by Crippen LogP contribution is -2.40. The first-order valence-corrected chi connectivity index (χ1v) is 10.6. The van der Waals surface area contributed by atoms with Crippen LogP contribution in [0.15, 0.2) is 6.07 Å². The summed E-state index contributed by atoms with van der Waals surface area (Å²) < 4.78 is 5.46. The van der Waals surface area contributed by atoms with Gasteiger partial charge in [-0.1, -0.05) is 6.42 Å². The zero-order valence-corrected chi connectivity index (χ0v) is 16.3. The van der Waals surface area contributed by atoms with Gasteiger partial charge in [-0.2, -0.15) is 0 Å². The molecule has 2 aliphatic carbocycles. The molecule has 0 N–H and O–H groups in total. The number of nitrogens with zero attached hydrogens (tertiary/aromatic N) is 4. The Hall–Kier alpha value is -1.69. The molecule has 6 heteroatoms. The van der Waals surface area contributed by atoms with E-state index < -0.39 is 0 Å². The van der Waals surface area contributed by atoms with Gasteiger partial charge in [0.25, 0.3) is 0 Å². The van der Waals surface area contributed by atoms with E-state index in [1.165, 1.54) is 19.3 Å². The van der Waals surface area contributed by atoms with Crippen LogP contribution in [0, 0.1) is 18.3 Å². The molecule has 6 nitrogen and oxygen atoms in total. The number of aromatic nitrogens is 2. The van der Waals surface area contributed by atoms with Crippen LogP contribution in [0.3, 0.4) is 0 Å². The van der Waals surface area contributed by atoms with E-state index in [-0.39, 0.29) is 0 Å². The molecule has 3 heterocycles. The number of aryl methyl sites for hydroxylation is 1. The highest BCUT2D eigenvalue weighted by Crippen LogP contribution is 2.66. The highest BCUT2D eigenvalue weighted by Gasteiger charge is 2.61. The molecule has 27 heavy (non-hydrogen) atoms. The fourth-order valence-electron chi connectivity index (χ4n) is 5.23. The Bertz CT molecular complexity index is 719. The summed E-state index contributed by atoms with van der Waals surface area (Å²) in [4.78, 5) is 26.6. The summed E-state index contributed by atoms with van der Waals surface area (Å²) in [5.74, 6) is 3.09. The third-order valence-electron chi connectivity index (χ3n) is 7.24. The lowest BCUT2D eigenvalue weighted by atomic mass is 9.79. The predicted molar refractivity (Wildman–Crippen MR) is 103 cm³/mol. The van der Waals surface area contributed by atoms with Gasteiger partial charge in [-0.3, -0.25) is 4.79 Å². The second kappa shape index (κ2) is 6.73. The summed E-state index contributed by atoms with van der Waals surface area (Å²) in [6.07, 6.45) is 7.08. The maximum Gasteiger partial charge on any atom is 0.226 e. The summed E-state index contributed by atoms with van der Waals surface area (Å²) in [6.45, 7) is 7.07. The molecule has 5 rings (SSSR count). The smallest absolute Gasteiger partial charge is 0.226 e. The standard InChI is InChI=1S/C21H30N4O2/c1-15-22-18(13-19(23-15)24-9-11-27-12-10-24)16-3-7-25(8-4-16)20(26)17-14-21(17)5-2-6-21/h13,16-17H,2-12,14H2,1H3. The zero-order chi connectivity index (χ0) is 18.4. The molecular weight excluding hydrogens is 340 g/mol. The van der Waals surface area contributed by atoms with Crippen molar-refractivity contribution in [3.63, 3.8) is 0 Å². The van der Waals surface area contributed by atoms with Crippen LogP contribution < -0.4 is 4.90 Å². The average molecular weight is 370 g/mol. The number of rotatable bonds is 3. The van der Waals surface area contributed by atoms with Crippen molar-refractivity contribution in [1.29, 1.82) is 0 Å². The largest absolute Gasteiger partial charge is 0.378 e. The van der Waals surface area contributed by atoms with Crippen LogP contribution in [0.25, 0.3) is 0 Å². The third-order valence-corrected chi connectivity index (χ3v) is 7.24. The number of likely N-dealkylation sites (tertiary alicyclic amines) is 1. The van der Waals surface area contributed by atoms with E-state index in [4.69, 9.17) is 9.72 Å². The molecule has 2 saturated heterocycles. The molecule has 4 aliphatic rings. The van der Waals surface area contributed by atoms with Gasteiger partial charge in [0.15, 0.2) is 0 Å². The molecule has 1 unspecified atom stereocenters. The van der Waals surface area contributed by atoms with Crippen molar-refractivity contribution in [1.82, 2.24) is 14.9 Å². The molecule has 1 spiro atoms. The summed E-state index contributed by atoms with van der Waals surface area (Å²) in [7, 11) is 0. The fraction of sp³-hybridized carbons (Fsp3) is 0.762. The minimum absolute atomic E-state index is 0.344. The third kappa shape index (κ3) is 3.22. The van der Waals surface area contributed by atoms with Crippen molar-refractivity contribution in [2.45, 2.75) is 51.4 Å². The highest BCUT2D eigenvalue weighted by atomic mass is 16.5. The number of morpholine rings is 1. The number of carbonyl (C=O) groups is 1. The Morgan fingerprint density at radius 2 is 1.89 bits per heavy atom. The average Bonchev–Trinajstić information content (AvgIpc) is 3.45. The SMILES string of the molecule is Cc1nc(C2CCN(C(=O)C3CC34CCC4)CC2)cc(N2CCOCC2)n1. The van der Waals surface area contributed by atoms with Gasteiger partial charge in [0.1, 0.15) is 11.6 Å². The van der Waals surface area contributed by atoms with E-state index in [2.05, 4.69) is 20.9 Å². The molecule has 0 aromatic carbocycles. The van der Waals surface area contributed by atoms with Crippen LogP contribution in [0.4, 0.5) is 5.82 Å². The summed E-state index contributed by atoms with van der Waals surface area (Å²) in [5.41, 5.74) is 1.59. The number of piperidine rings is 1. The first-order valence-electron chi connectivity index (χ1n) is 10.6. The molecule has 1 aromatic heterocycles. The zero-order valence-electron chi connectivity index (χ0n) is 16.3. The fourth-order valence-corrected chi connectivity index (χ4v) is 5.23. The number of hydrogen-bond acceptors (Lipinski definition) is 5. The lowest BCUT2D eigenvalue weighted by Gasteiger charge is -2.34. The highest BCUT2D eigenvalue weighted by molar-refractivity contribution is 5.83. The summed E-state index contributed by atoms with van der Waals surface area (Å²) >= 11 is 0. The van der Waals surface area contributed by atoms with E-state index in [9.17, 15) is 4.79 Å². The molecule has 1 amide bonds. The van der Waals surface area contributed by atoms with E-state index in [1.54, 1.807) is 0 Å². The number of amides is 1. The van der Waals surface area contributed by atoms with Crippen LogP contribution in [0.5, 0.6) is 0 Å². The Labute approximate surface area is 161 Å². The minimum atomic E-state index is 0.344. The van der Waals surface area contributed by atoms with Crippen molar-refractivity contribution in [3.05, 3.63) is 17.6 Å². The van der Waals surface area contributed by atoms with Gasteiger partial charge in [0, 0.05) is 49.8 Å². The van der Waals surface area contributed by atoms with Gasteiger partial charge in [-0.25, -0.2) is 9.97 Å². The van der Waals surface area contributed by atoms with Crippen molar-refractivity contribution in [3.8, 4) is 0 Å². The molecular formula is C21H30N4O2. The molecule has 2 saturated carbocycles. The monoisotopic (exact) mass is 370 g/mol. The van der Waals surface area contributed by atoms with Crippen LogP contribution >= 0.6 is 0 Å². The van der Waals surface area contributed by atoms with E-state index in [0.717, 1.165) is 76.0 Å². The minimum Gasteiger partial charge on any atom is -0.378 e. The second-order valence-corrected chi connectivity index (χ2v) is 8.87. The van der Waals surface area contributed by atoms with Gasteiger partial charge in [0.2, 0.25) is 5.91 Å². The maximum atomic E-state index is 12.8. The van der Waals surface area contributed by atoms with Gasteiger partial charge < -0.3 is 14.5 Å². The van der Waals surface area contributed by atoms with Crippen molar-refractivity contribution < 1.29 is 9.53 Å². The van der Waals surface area contributed by atoms with Gasteiger partial charge in [-0.05, 0) is 44.4 Å². The Balaban J connectivity index is 1.23. The Morgan fingerprint density at radius 1 is 1.15 bits per heavy atom. The van der Waals surface area contributed by atoms with Crippen molar-refractivity contribution >= 4 is 11.7 Å². The van der Waals surface area contributed by atoms with E-state index >= 15 is 0 Å². The van der Waals surface area contributed by atoms with Crippen LogP contribution in [0.2, 0.25) is 0 Å². The van der Waals surface area contributed by atoms with E-state index in [0.29, 0.717) is 23.2 Å². The molecule has 4 fully saturated rings.